The van der Waals surface area contributed by atoms with Gasteiger partial charge < -0.3 is 4.18 Å². The Morgan fingerprint density at radius 3 is 2.36 bits per heavy atom. The maximum Gasteiger partial charge on any atom is 0.390 e. The summed E-state index contributed by atoms with van der Waals surface area (Å²) in [5.41, 5.74) is 5.80. The standard InChI is InChI=1S/C26H28ClF3N4O4S/c1-17-16-19(27)6-11-22(17)24-31-23(25(35)32-33-13-4-3-5-14-33)18(2)34(24)20-7-9-21(10-8-20)38-39(36,37)15-12-26(28,29)30/h6-11,16H,3-5,12-15H2,1-2H3,(H,32,35). The van der Waals surface area contributed by atoms with Crippen molar-refractivity contribution in [3.8, 4) is 22.8 Å². The number of benzene rings is 2. The van der Waals surface area contributed by atoms with Crippen LogP contribution in [0.1, 0.15) is 47.4 Å². The van der Waals surface area contributed by atoms with Crippen LogP contribution in [-0.2, 0) is 10.1 Å². The van der Waals surface area contributed by atoms with E-state index < -0.39 is 28.5 Å². The SMILES string of the molecule is Cc1cc(Cl)ccc1-c1nc(C(=O)NN2CCCCC2)c(C)n1-c1ccc(OS(=O)(=O)CCC(F)(F)F)cc1. The van der Waals surface area contributed by atoms with Crippen LogP contribution >= 0.6 is 11.6 Å². The quantitative estimate of drug-likeness (QED) is 0.346. The lowest BCUT2D eigenvalue weighted by Crippen LogP contribution is -2.45. The van der Waals surface area contributed by atoms with Crippen LogP contribution in [0.25, 0.3) is 17.1 Å². The van der Waals surface area contributed by atoms with E-state index in [1.165, 1.54) is 12.1 Å². The van der Waals surface area contributed by atoms with Crippen molar-refractivity contribution in [1.29, 1.82) is 0 Å². The summed E-state index contributed by atoms with van der Waals surface area (Å²) in [5.74, 6) is -1.20. The molecular weight excluding hydrogens is 557 g/mol. The molecule has 3 aromatic rings. The Hall–Kier alpha value is -3.09. The Labute approximate surface area is 229 Å². The van der Waals surface area contributed by atoms with Gasteiger partial charge in [-0.3, -0.25) is 14.8 Å². The third-order valence-corrected chi connectivity index (χ3v) is 7.71. The molecule has 1 N–H and O–H groups in total. The molecule has 2 heterocycles. The molecule has 0 unspecified atom stereocenters. The number of carbonyl (C=O) groups is 1. The molecule has 0 aliphatic carbocycles. The second-order valence-electron chi connectivity index (χ2n) is 9.36. The Morgan fingerprint density at radius 1 is 1.08 bits per heavy atom. The second kappa shape index (κ2) is 11.6. The van der Waals surface area contributed by atoms with Crippen LogP contribution in [0.3, 0.4) is 0 Å². The molecule has 0 spiro atoms. The summed E-state index contributed by atoms with van der Waals surface area (Å²) in [4.78, 5) is 17.9. The van der Waals surface area contributed by atoms with Gasteiger partial charge >= 0.3 is 16.3 Å². The van der Waals surface area contributed by atoms with Crippen molar-refractivity contribution in [3.63, 3.8) is 0 Å². The number of rotatable bonds is 8. The first kappa shape index (κ1) is 28.9. The van der Waals surface area contributed by atoms with Gasteiger partial charge in [0.05, 0.1) is 17.9 Å². The average molecular weight is 585 g/mol. The fourth-order valence-electron chi connectivity index (χ4n) is 4.37. The number of alkyl halides is 3. The van der Waals surface area contributed by atoms with Crippen LogP contribution in [0.4, 0.5) is 13.2 Å². The van der Waals surface area contributed by atoms with E-state index in [-0.39, 0.29) is 17.4 Å². The molecule has 0 atom stereocenters. The summed E-state index contributed by atoms with van der Waals surface area (Å²) in [6, 6.07) is 11.1. The first-order chi connectivity index (χ1) is 18.3. The maximum atomic E-state index is 13.2. The number of nitrogens with one attached hydrogen (secondary N) is 1. The summed E-state index contributed by atoms with van der Waals surface area (Å²) in [6.45, 7) is 5.12. The van der Waals surface area contributed by atoms with E-state index in [0.717, 1.165) is 43.5 Å². The van der Waals surface area contributed by atoms with E-state index in [0.29, 0.717) is 22.2 Å². The molecule has 0 bridgehead atoms. The Kier molecular flexibility index (Phi) is 8.57. The zero-order chi connectivity index (χ0) is 28.4. The van der Waals surface area contributed by atoms with E-state index in [1.54, 1.807) is 41.8 Å². The van der Waals surface area contributed by atoms with Crippen LogP contribution in [0, 0.1) is 13.8 Å². The number of carbonyl (C=O) groups excluding carboxylic acids is 1. The van der Waals surface area contributed by atoms with Crippen LogP contribution in [0.2, 0.25) is 5.02 Å². The molecule has 1 aromatic heterocycles. The van der Waals surface area contributed by atoms with Gasteiger partial charge in [-0.05, 0) is 74.7 Å². The van der Waals surface area contributed by atoms with E-state index in [9.17, 15) is 26.4 Å². The number of aromatic nitrogens is 2. The third-order valence-electron chi connectivity index (χ3n) is 6.32. The Bertz CT molecular complexity index is 1450. The van der Waals surface area contributed by atoms with Gasteiger partial charge in [0.25, 0.3) is 5.91 Å². The van der Waals surface area contributed by atoms with E-state index >= 15 is 0 Å². The van der Waals surface area contributed by atoms with Crippen LogP contribution < -0.4 is 9.61 Å². The minimum atomic E-state index is -4.62. The summed E-state index contributed by atoms with van der Waals surface area (Å²) in [6.07, 6.45) is -3.03. The number of hydrazine groups is 1. The zero-order valence-corrected chi connectivity index (χ0v) is 23.0. The number of aryl methyl sites for hydroxylation is 1. The van der Waals surface area contributed by atoms with Gasteiger partial charge in [-0.25, -0.2) is 9.99 Å². The van der Waals surface area contributed by atoms with Crippen molar-refractivity contribution >= 4 is 27.6 Å². The smallest absolute Gasteiger partial charge is 0.382 e. The maximum absolute atomic E-state index is 13.2. The molecule has 13 heteroatoms. The molecule has 1 saturated heterocycles. The number of halogens is 4. The Morgan fingerprint density at radius 2 is 1.74 bits per heavy atom. The highest BCUT2D eigenvalue weighted by atomic mass is 35.5. The lowest BCUT2D eigenvalue weighted by Gasteiger charge is -2.26. The van der Waals surface area contributed by atoms with Gasteiger partial charge in [0, 0.05) is 29.4 Å². The molecule has 0 saturated carbocycles. The van der Waals surface area contributed by atoms with Crippen molar-refractivity contribution in [1.82, 2.24) is 20.0 Å². The predicted molar refractivity (Wildman–Crippen MR) is 141 cm³/mol. The molecule has 0 radical (unpaired) electrons. The molecule has 1 amide bonds. The predicted octanol–water partition coefficient (Wildman–Crippen LogP) is 5.60. The summed E-state index contributed by atoms with van der Waals surface area (Å²) < 4.78 is 68.0. The molecule has 1 aliphatic rings. The fourth-order valence-corrected chi connectivity index (χ4v) is 5.57. The number of hydrogen-bond donors (Lipinski definition) is 1. The van der Waals surface area contributed by atoms with Gasteiger partial charge in [0.2, 0.25) is 0 Å². The summed E-state index contributed by atoms with van der Waals surface area (Å²) in [7, 11) is -4.44. The van der Waals surface area contributed by atoms with E-state index in [4.69, 9.17) is 15.8 Å². The molecule has 8 nitrogen and oxygen atoms in total. The van der Waals surface area contributed by atoms with Gasteiger partial charge in [0.1, 0.15) is 11.6 Å². The average Bonchev–Trinajstić information content (AvgIpc) is 3.20. The van der Waals surface area contributed by atoms with Gasteiger partial charge in [0.15, 0.2) is 5.69 Å². The zero-order valence-electron chi connectivity index (χ0n) is 21.4. The minimum absolute atomic E-state index is 0.133. The first-order valence-corrected chi connectivity index (χ1v) is 14.3. The van der Waals surface area contributed by atoms with Crippen LogP contribution in [-0.4, -0.2) is 53.9 Å². The molecule has 210 valence electrons. The van der Waals surface area contributed by atoms with Crippen molar-refractivity contribution in [2.75, 3.05) is 18.8 Å². The van der Waals surface area contributed by atoms with Crippen LogP contribution in [0.15, 0.2) is 42.5 Å². The van der Waals surface area contributed by atoms with Gasteiger partial charge in [-0.15, -0.1) is 0 Å². The van der Waals surface area contributed by atoms with Gasteiger partial charge in [-0.2, -0.15) is 21.6 Å². The molecular formula is C26H28ClF3N4O4S. The van der Waals surface area contributed by atoms with Crippen molar-refractivity contribution in [2.45, 2.75) is 45.7 Å². The largest absolute Gasteiger partial charge is 0.390 e. The molecule has 2 aromatic carbocycles. The van der Waals surface area contributed by atoms with E-state index in [2.05, 4.69) is 10.4 Å². The van der Waals surface area contributed by atoms with E-state index in [1.807, 2.05) is 11.9 Å². The number of imidazole rings is 1. The highest BCUT2D eigenvalue weighted by Crippen LogP contribution is 2.31. The number of hydrogen-bond acceptors (Lipinski definition) is 6. The Balaban J connectivity index is 1.68. The fraction of sp³-hybridized carbons (Fsp3) is 0.385. The second-order valence-corrected chi connectivity index (χ2v) is 11.5. The lowest BCUT2D eigenvalue weighted by molar-refractivity contribution is -0.130. The number of nitrogens with zero attached hydrogens (tertiary/aromatic N) is 3. The number of piperidine rings is 1. The van der Waals surface area contributed by atoms with Crippen molar-refractivity contribution < 1.29 is 30.6 Å². The molecule has 1 aliphatic heterocycles. The topological polar surface area (TPSA) is 93.5 Å². The third kappa shape index (κ3) is 7.31. The first-order valence-electron chi connectivity index (χ1n) is 12.3. The monoisotopic (exact) mass is 584 g/mol. The van der Waals surface area contributed by atoms with Gasteiger partial charge in [-0.1, -0.05) is 18.0 Å². The summed E-state index contributed by atoms with van der Waals surface area (Å²) in [5, 5.41) is 2.42. The molecule has 1 fully saturated rings. The van der Waals surface area contributed by atoms with Crippen molar-refractivity contribution in [3.05, 3.63) is 64.4 Å². The summed E-state index contributed by atoms with van der Waals surface area (Å²) >= 11 is 6.15. The highest BCUT2D eigenvalue weighted by Gasteiger charge is 2.31. The number of amides is 1. The van der Waals surface area contributed by atoms with Crippen LogP contribution in [0.5, 0.6) is 5.75 Å². The minimum Gasteiger partial charge on any atom is -0.382 e. The van der Waals surface area contributed by atoms with Crippen molar-refractivity contribution in [2.24, 2.45) is 0 Å². The molecule has 39 heavy (non-hydrogen) atoms. The normalized spacial score (nSPS) is 14.8. The highest BCUT2D eigenvalue weighted by molar-refractivity contribution is 7.87. The molecule has 4 rings (SSSR count). The lowest BCUT2D eigenvalue weighted by atomic mass is 10.1.